The number of hydrogen-bond donors (Lipinski definition) is 2. The van der Waals surface area contributed by atoms with Crippen LogP contribution in [0.5, 0.6) is 0 Å². The molecule has 72 valence electrons. The van der Waals surface area contributed by atoms with Gasteiger partial charge in [-0.1, -0.05) is 23.5 Å². The molecule has 0 unspecified atom stereocenters. The maximum absolute atomic E-state index is 11.4. The van der Waals surface area contributed by atoms with E-state index in [-0.39, 0.29) is 11.8 Å². The number of rotatable bonds is 0. The van der Waals surface area contributed by atoms with E-state index in [0.717, 1.165) is 0 Å². The summed E-state index contributed by atoms with van der Waals surface area (Å²) in [5.41, 5.74) is 0. The first kappa shape index (κ1) is 9.42. The highest BCUT2D eigenvalue weighted by Crippen LogP contribution is 2.32. The molecule has 0 saturated carbocycles. The lowest BCUT2D eigenvalue weighted by Gasteiger charge is -2.14. The summed E-state index contributed by atoms with van der Waals surface area (Å²) >= 11 is 2.51. The quantitative estimate of drug-likeness (QED) is 0.602. The first-order chi connectivity index (χ1) is 6.79. The Balaban J connectivity index is 2.38. The van der Waals surface area contributed by atoms with Crippen LogP contribution in [0.3, 0.4) is 0 Å². The summed E-state index contributed by atoms with van der Waals surface area (Å²) in [4.78, 5) is 23.6. The molecule has 0 aromatic heterocycles. The molecular weight excluding hydrogens is 220 g/mol. The minimum Gasteiger partial charge on any atom is -0.328 e. The summed E-state index contributed by atoms with van der Waals surface area (Å²) in [6, 6.07) is 0. The lowest BCUT2D eigenvalue weighted by molar-refractivity contribution is -0.118. The molecule has 2 aliphatic heterocycles. The summed E-state index contributed by atoms with van der Waals surface area (Å²) in [6.45, 7) is 0. The van der Waals surface area contributed by atoms with Crippen LogP contribution in [0.25, 0.3) is 0 Å². The smallest absolute Gasteiger partial charge is 0.263 e. The zero-order valence-corrected chi connectivity index (χ0v) is 8.58. The van der Waals surface area contributed by atoms with Gasteiger partial charge < -0.3 is 10.6 Å². The Morgan fingerprint density at radius 2 is 1.29 bits per heavy atom. The zero-order chi connectivity index (χ0) is 9.97. The maximum atomic E-state index is 11.4. The van der Waals surface area contributed by atoms with E-state index in [2.05, 4.69) is 10.6 Å². The average Bonchev–Trinajstić information content (AvgIpc) is 2.20. The van der Waals surface area contributed by atoms with Crippen molar-refractivity contribution in [2.75, 3.05) is 0 Å². The van der Waals surface area contributed by atoms with Crippen molar-refractivity contribution in [3.63, 3.8) is 0 Å². The Morgan fingerprint density at radius 3 is 1.64 bits per heavy atom. The molecule has 2 amide bonds. The number of hydrogen-bond acceptors (Lipinski definition) is 4. The van der Waals surface area contributed by atoms with Gasteiger partial charge in [-0.15, -0.1) is 0 Å². The van der Waals surface area contributed by atoms with Gasteiger partial charge in [0.2, 0.25) is 0 Å². The molecule has 4 nitrogen and oxygen atoms in total. The van der Waals surface area contributed by atoms with Crippen LogP contribution in [0.15, 0.2) is 33.0 Å². The minimum atomic E-state index is -0.231. The Labute approximate surface area is 88.9 Å². The summed E-state index contributed by atoms with van der Waals surface area (Å²) in [5.74, 6) is -0.462. The third-order valence-corrected chi connectivity index (χ3v) is 3.48. The van der Waals surface area contributed by atoms with Crippen molar-refractivity contribution in [1.29, 1.82) is 0 Å². The monoisotopic (exact) mass is 226 g/mol. The number of thioether (sulfide) groups is 2. The van der Waals surface area contributed by atoms with E-state index >= 15 is 0 Å². The molecule has 2 aliphatic rings. The van der Waals surface area contributed by atoms with Gasteiger partial charge in [0.05, 0.1) is 9.81 Å². The van der Waals surface area contributed by atoms with Crippen molar-refractivity contribution in [2.45, 2.75) is 0 Å². The molecule has 0 spiro atoms. The lowest BCUT2D eigenvalue weighted by Crippen LogP contribution is -2.27. The maximum Gasteiger partial charge on any atom is 0.263 e. The van der Waals surface area contributed by atoms with Gasteiger partial charge in [0.25, 0.3) is 11.8 Å². The summed E-state index contributed by atoms with van der Waals surface area (Å²) in [5, 5.41) is 8.53. The van der Waals surface area contributed by atoms with Crippen molar-refractivity contribution in [3.05, 3.63) is 33.0 Å². The second-order valence-corrected chi connectivity index (χ2v) is 4.28. The summed E-state index contributed by atoms with van der Waals surface area (Å²) in [7, 11) is 0. The minimum absolute atomic E-state index is 0.231. The standard InChI is InChI=1S/C8H6N2O2S2/c11-7-5(13-3-1-9-7)6-8(12)10-2-4-14-6/h1-4H,(H,9,11)(H,10,12)/b6-5+. The third kappa shape index (κ3) is 1.71. The van der Waals surface area contributed by atoms with Crippen LogP contribution in [0.1, 0.15) is 0 Å². The van der Waals surface area contributed by atoms with E-state index < -0.39 is 0 Å². The third-order valence-electron chi connectivity index (χ3n) is 1.56. The van der Waals surface area contributed by atoms with Crippen LogP contribution in [-0.2, 0) is 9.59 Å². The molecule has 14 heavy (non-hydrogen) atoms. The molecule has 0 aliphatic carbocycles. The predicted molar refractivity (Wildman–Crippen MR) is 56.8 cm³/mol. The van der Waals surface area contributed by atoms with Crippen molar-refractivity contribution in [3.8, 4) is 0 Å². The average molecular weight is 226 g/mol. The van der Waals surface area contributed by atoms with Crippen LogP contribution in [0.2, 0.25) is 0 Å². The molecule has 0 aromatic carbocycles. The highest BCUT2D eigenvalue weighted by atomic mass is 32.2. The second kappa shape index (κ2) is 3.93. The number of amides is 2. The molecule has 0 saturated heterocycles. The van der Waals surface area contributed by atoms with E-state index in [4.69, 9.17) is 0 Å². The first-order valence-corrected chi connectivity index (χ1v) is 5.54. The van der Waals surface area contributed by atoms with Gasteiger partial charge in [0.15, 0.2) is 0 Å². The van der Waals surface area contributed by atoms with Crippen molar-refractivity contribution >= 4 is 35.3 Å². The van der Waals surface area contributed by atoms with Gasteiger partial charge in [-0.05, 0) is 10.8 Å². The number of nitrogens with one attached hydrogen (secondary N) is 2. The molecule has 0 bridgehead atoms. The SMILES string of the molecule is O=C1NC=CS/C1=C1/SC=CNC1=O. The largest absolute Gasteiger partial charge is 0.328 e. The van der Waals surface area contributed by atoms with Gasteiger partial charge in [0.1, 0.15) is 0 Å². The van der Waals surface area contributed by atoms with Crippen molar-refractivity contribution in [2.24, 2.45) is 0 Å². The van der Waals surface area contributed by atoms with Gasteiger partial charge in [-0.3, -0.25) is 9.59 Å². The molecule has 2 heterocycles. The fourth-order valence-corrected chi connectivity index (χ4v) is 2.54. The Morgan fingerprint density at radius 1 is 0.857 bits per heavy atom. The molecule has 6 heteroatoms. The first-order valence-electron chi connectivity index (χ1n) is 3.78. The van der Waals surface area contributed by atoms with Crippen LogP contribution >= 0.6 is 23.5 Å². The normalized spacial score (nSPS) is 26.0. The fraction of sp³-hybridized carbons (Fsp3) is 0. The van der Waals surface area contributed by atoms with Gasteiger partial charge in [-0.2, -0.15) is 0 Å². The fourth-order valence-electron chi connectivity index (χ4n) is 0.975. The molecule has 0 aromatic rings. The zero-order valence-electron chi connectivity index (χ0n) is 6.94. The molecule has 0 fully saturated rings. The predicted octanol–water partition coefficient (Wildman–Crippen LogP) is 0.866. The topological polar surface area (TPSA) is 58.2 Å². The highest BCUT2D eigenvalue weighted by molar-refractivity contribution is 8.10. The van der Waals surface area contributed by atoms with Gasteiger partial charge in [-0.25, -0.2) is 0 Å². The van der Waals surface area contributed by atoms with E-state index in [1.165, 1.54) is 23.5 Å². The van der Waals surface area contributed by atoms with Crippen molar-refractivity contribution < 1.29 is 9.59 Å². The van der Waals surface area contributed by atoms with E-state index in [1.807, 2.05) is 0 Å². The second-order valence-electron chi connectivity index (χ2n) is 2.45. The van der Waals surface area contributed by atoms with Crippen LogP contribution in [0.4, 0.5) is 0 Å². The van der Waals surface area contributed by atoms with Crippen LogP contribution < -0.4 is 10.6 Å². The molecular formula is C8H6N2O2S2. The van der Waals surface area contributed by atoms with Gasteiger partial charge >= 0.3 is 0 Å². The van der Waals surface area contributed by atoms with E-state index in [0.29, 0.717) is 9.81 Å². The highest BCUT2D eigenvalue weighted by Gasteiger charge is 2.23. The van der Waals surface area contributed by atoms with Crippen LogP contribution in [-0.4, -0.2) is 11.8 Å². The number of carbonyl (C=O) groups excluding carboxylic acids is 2. The molecule has 2 N–H and O–H groups in total. The molecule has 0 radical (unpaired) electrons. The molecule has 0 atom stereocenters. The van der Waals surface area contributed by atoms with Crippen molar-refractivity contribution in [1.82, 2.24) is 10.6 Å². The summed E-state index contributed by atoms with van der Waals surface area (Å²) in [6.07, 6.45) is 3.11. The van der Waals surface area contributed by atoms with E-state index in [1.54, 1.807) is 23.2 Å². The summed E-state index contributed by atoms with van der Waals surface area (Å²) < 4.78 is 0. The molecule has 2 rings (SSSR count). The van der Waals surface area contributed by atoms with Crippen LogP contribution in [0, 0.1) is 0 Å². The Hall–Kier alpha value is -1.14. The number of carbonyl (C=O) groups is 2. The van der Waals surface area contributed by atoms with E-state index in [9.17, 15) is 9.59 Å². The Bertz CT molecular complexity index is 349. The lowest BCUT2D eigenvalue weighted by atomic mass is 10.4. The van der Waals surface area contributed by atoms with Gasteiger partial charge in [0, 0.05) is 12.4 Å². The Kier molecular flexibility index (Phi) is 2.64.